The number of anilines is 1. The largest absolute Gasteiger partial charge is 0.460 e. The van der Waals surface area contributed by atoms with Crippen LogP contribution >= 0.6 is 0 Å². The van der Waals surface area contributed by atoms with Gasteiger partial charge >= 0.3 is 5.97 Å². The van der Waals surface area contributed by atoms with Crippen molar-refractivity contribution in [2.75, 3.05) is 11.4 Å². The van der Waals surface area contributed by atoms with Gasteiger partial charge in [-0.1, -0.05) is 67.6 Å². The third-order valence-corrected chi connectivity index (χ3v) is 6.26. The summed E-state index contributed by atoms with van der Waals surface area (Å²) in [4.78, 5) is 28.2. The lowest BCUT2D eigenvalue weighted by Gasteiger charge is -2.23. The zero-order valence-corrected chi connectivity index (χ0v) is 16.3. The van der Waals surface area contributed by atoms with Crippen LogP contribution in [-0.2, 0) is 32.1 Å². The Balaban J connectivity index is 1.40. The number of amides is 1. The second-order valence-corrected chi connectivity index (χ2v) is 7.90. The maximum Gasteiger partial charge on any atom is 0.313 e. The van der Waals surface area contributed by atoms with Gasteiger partial charge in [0.1, 0.15) is 18.1 Å². The Bertz CT molecular complexity index is 985. The van der Waals surface area contributed by atoms with E-state index in [9.17, 15) is 9.59 Å². The summed E-state index contributed by atoms with van der Waals surface area (Å²) in [6, 6.07) is 17.5. The smallest absolute Gasteiger partial charge is 0.313 e. The van der Waals surface area contributed by atoms with Crippen LogP contribution in [0.15, 0.2) is 66.7 Å². The zero-order valence-electron chi connectivity index (χ0n) is 16.3. The lowest BCUT2D eigenvalue weighted by Crippen LogP contribution is -2.40. The first kappa shape index (κ1) is 18.1. The number of nitrogens with zero attached hydrogens (tertiary/aromatic N) is 1. The van der Waals surface area contributed by atoms with Crippen LogP contribution in [0.5, 0.6) is 0 Å². The van der Waals surface area contributed by atoms with Crippen LogP contribution in [0.2, 0.25) is 0 Å². The summed E-state index contributed by atoms with van der Waals surface area (Å²) in [5, 5.41) is 0. The molecule has 148 valence electrons. The van der Waals surface area contributed by atoms with Crippen molar-refractivity contribution in [3.63, 3.8) is 0 Å². The van der Waals surface area contributed by atoms with Crippen LogP contribution in [0.3, 0.4) is 0 Å². The van der Waals surface area contributed by atoms with Crippen LogP contribution in [0.1, 0.15) is 18.1 Å². The molecule has 0 unspecified atom stereocenters. The van der Waals surface area contributed by atoms with Gasteiger partial charge in [-0.2, -0.15) is 0 Å². The van der Waals surface area contributed by atoms with E-state index in [1.165, 1.54) is 0 Å². The first-order valence-corrected chi connectivity index (χ1v) is 10.1. The Kier molecular flexibility index (Phi) is 4.28. The number of benzene rings is 2. The number of carbonyl (C=O) groups is 2. The van der Waals surface area contributed by atoms with E-state index in [0.717, 1.165) is 23.2 Å². The topological polar surface area (TPSA) is 55.8 Å². The van der Waals surface area contributed by atoms with Crippen molar-refractivity contribution in [3.8, 4) is 0 Å². The number of aryl methyl sites for hydroxylation is 1. The van der Waals surface area contributed by atoms with Crippen molar-refractivity contribution >= 4 is 17.6 Å². The predicted molar refractivity (Wildman–Crippen MR) is 108 cm³/mol. The van der Waals surface area contributed by atoms with E-state index in [-0.39, 0.29) is 18.5 Å². The molecule has 2 aromatic carbocycles. The highest BCUT2D eigenvalue weighted by molar-refractivity contribution is 6.03. The van der Waals surface area contributed by atoms with Crippen molar-refractivity contribution in [1.29, 1.82) is 0 Å². The van der Waals surface area contributed by atoms with Gasteiger partial charge in [0.05, 0.1) is 18.6 Å². The molecule has 0 saturated carbocycles. The van der Waals surface area contributed by atoms with E-state index in [2.05, 4.69) is 6.92 Å². The molecule has 1 amide bonds. The normalized spacial score (nSPS) is 29.3. The molecule has 29 heavy (non-hydrogen) atoms. The fraction of sp³-hybridized carbons (Fsp3) is 0.333. The highest BCUT2D eigenvalue weighted by Crippen LogP contribution is 2.53. The molecule has 1 spiro atoms. The number of rotatable bonds is 5. The monoisotopic (exact) mass is 389 g/mol. The molecule has 3 aliphatic rings. The molecule has 2 saturated heterocycles. The van der Waals surface area contributed by atoms with E-state index in [1.807, 2.05) is 66.7 Å². The average Bonchev–Trinajstić information content (AvgIpc) is 3.41. The Morgan fingerprint density at radius 2 is 1.93 bits per heavy atom. The van der Waals surface area contributed by atoms with Crippen LogP contribution in [0.25, 0.3) is 0 Å². The minimum absolute atomic E-state index is 0.0561. The van der Waals surface area contributed by atoms with Crippen LogP contribution in [0.4, 0.5) is 5.69 Å². The number of fused-ring (bicyclic) bond motifs is 1. The molecule has 5 heteroatoms. The molecular weight excluding hydrogens is 366 g/mol. The van der Waals surface area contributed by atoms with Gasteiger partial charge in [0.2, 0.25) is 5.91 Å². The molecule has 2 fully saturated rings. The van der Waals surface area contributed by atoms with E-state index in [0.29, 0.717) is 6.54 Å². The highest BCUT2D eigenvalue weighted by Gasteiger charge is 2.67. The predicted octanol–water partition coefficient (Wildman–Crippen LogP) is 3.28. The summed E-state index contributed by atoms with van der Waals surface area (Å²) in [5.41, 5.74) is 2.20. The maximum atomic E-state index is 13.4. The van der Waals surface area contributed by atoms with Gasteiger partial charge in [-0.25, -0.2) is 0 Å². The van der Waals surface area contributed by atoms with Gasteiger partial charge in [0.25, 0.3) is 0 Å². The van der Waals surface area contributed by atoms with E-state index < -0.39 is 23.5 Å². The van der Waals surface area contributed by atoms with Crippen molar-refractivity contribution in [1.82, 2.24) is 0 Å². The summed E-state index contributed by atoms with van der Waals surface area (Å²) >= 11 is 0. The molecule has 2 bridgehead atoms. The van der Waals surface area contributed by atoms with Gasteiger partial charge in [0.15, 0.2) is 0 Å². The molecule has 3 heterocycles. The average molecular weight is 389 g/mol. The van der Waals surface area contributed by atoms with E-state index >= 15 is 0 Å². The summed E-state index contributed by atoms with van der Waals surface area (Å²) in [6.45, 7) is 2.70. The van der Waals surface area contributed by atoms with Gasteiger partial charge in [-0.05, 0) is 23.6 Å². The minimum atomic E-state index is -0.737. The lowest BCUT2D eigenvalue weighted by molar-refractivity contribution is -0.153. The zero-order chi connectivity index (χ0) is 20.0. The Morgan fingerprint density at radius 1 is 1.17 bits per heavy atom. The second kappa shape index (κ2) is 6.85. The molecule has 3 aliphatic heterocycles. The number of para-hydroxylation sites is 1. The first-order chi connectivity index (χ1) is 14.1. The molecule has 0 aliphatic carbocycles. The van der Waals surface area contributed by atoms with E-state index in [1.54, 1.807) is 4.90 Å². The molecular formula is C24H23NO4. The Hall–Kier alpha value is -2.92. The van der Waals surface area contributed by atoms with Crippen LogP contribution in [0, 0.1) is 11.8 Å². The Labute approximate surface area is 169 Å². The number of ether oxygens (including phenoxy) is 2. The molecule has 0 N–H and O–H groups in total. The summed E-state index contributed by atoms with van der Waals surface area (Å²) in [6.07, 6.45) is 4.32. The third-order valence-electron chi connectivity index (χ3n) is 6.26. The Morgan fingerprint density at radius 3 is 2.72 bits per heavy atom. The SMILES string of the molecule is CCc1ccccc1N1C[C@]23C=C[C@H](O2)[C@H](C(=O)OCc2ccccc2)[C@@H]3C1=O. The van der Waals surface area contributed by atoms with E-state index in [4.69, 9.17) is 9.47 Å². The first-order valence-electron chi connectivity index (χ1n) is 10.1. The summed E-state index contributed by atoms with van der Waals surface area (Å²) in [7, 11) is 0. The van der Waals surface area contributed by atoms with Crippen molar-refractivity contribution in [2.24, 2.45) is 11.8 Å². The molecule has 5 rings (SSSR count). The number of esters is 1. The lowest BCUT2D eigenvalue weighted by atomic mass is 9.77. The van der Waals surface area contributed by atoms with Gasteiger partial charge in [-0.15, -0.1) is 0 Å². The maximum absolute atomic E-state index is 13.4. The fourth-order valence-electron chi connectivity index (χ4n) is 4.87. The second-order valence-electron chi connectivity index (χ2n) is 7.90. The molecule has 4 atom stereocenters. The number of hydrogen-bond acceptors (Lipinski definition) is 4. The molecule has 5 nitrogen and oxygen atoms in total. The highest BCUT2D eigenvalue weighted by atomic mass is 16.6. The molecule has 0 aromatic heterocycles. The third kappa shape index (κ3) is 2.80. The number of hydrogen-bond donors (Lipinski definition) is 0. The van der Waals surface area contributed by atoms with Crippen LogP contribution < -0.4 is 4.90 Å². The van der Waals surface area contributed by atoms with Crippen molar-refractivity contribution in [3.05, 3.63) is 77.9 Å². The summed E-state index contributed by atoms with van der Waals surface area (Å²) in [5.74, 6) is -1.56. The van der Waals surface area contributed by atoms with Crippen molar-refractivity contribution in [2.45, 2.75) is 31.7 Å². The van der Waals surface area contributed by atoms with Crippen LogP contribution in [-0.4, -0.2) is 30.1 Å². The minimum Gasteiger partial charge on any atom is -0.460 e. The molecule has 2 aromatic rings. The molecule has 0 radical (unpaired) electrons. The fourth-order valence-corrected chi connectivity index (χ4v) is 4.87. The quantitative estimate of drug-likeness (QED) is 0.582. The summed E-state index contributed by atoms with van der Waals surface area (Å²) < 4.78 is 11.8. The van der Waals surface area contributed by atoms with Gasteiger partial charge < -0.3 is 14.4 Å². The van der Waals surface area contributed by atoms with Gasteiger partial charge in [0, 0.05) is 5.69 Å². The standard InChI is InChI=1S/C24H23NO4/c1-2-17-10-6-7-11-18(17)25-15-24-13-12-19(29-24)20(21(24)22(25)26)23(27)28-14-16-8-4-3-5-9-16/h3-13,19-21H,2,14-15H2,1H3/t19-,20-,21+,24-/m0/s1. The van der Waals surface area contributed by atoms with Gasteiger partial charge in [-0.3, -0.25) is 9.59 Å². The number of carbonyl (C=O) groups excluding carboxylic acids is 2. The van der Waals surface area contributed by atoms with Crippen molar-refractivity contribution < 1.29 is 19.1 Å².